The Morgan fingerprint density at radius 1 is 0.941 bits per heavy atom. The summed E-state index contributed by atoms with van der Waals surface area (Å²) >= 11 is 0. The number of nitrogens with one attached hydrogen (secondary N) is 1. The predicted octanol–water partition coefficient (Wildman–Crippen LogP) is 4.33. The molecule has 3 aromatic carbocycles. The molecule has 1 amide bonds. The Labute approximate surface area is 199 Å². The van der Waals surface area contributed by atoms with Crippen LogP contribution in [0.1, 0.15) is 27.9 Å². The number of nitrogens with zero attached hydrogens (tertiary/aromatic N) is 3. The molecule has 1 N–H and O–H groups in total. The zero-order valence-corrected chi connectivity index (χ0v) is 19.6. The van der Waals surface area contributed by atoms with Gasteiger partial charge in [-0.05, 0) is 60.4 Å². The monoisotopic (exact) mass is 456 g/mol. The quantitative estimate of drug-likeness (QED) is 0.406. The summed E-state index contributed by atoms with van der Waals surface area (Å²) in [5.41, 5.74) is 6.00. The Morgan fingerprint density at radius 2 is 1.76 bits per heavy atom. The molecule has 0 atom stereocenters. The van der Waals surface area contributed by atoms with Crippen LogP contribution >= 0.6 is 0 Å². The van der Waals surface area contributed by atoms with Crippen LogP contribution in [0, 0.1) is 13.8 Å². The van der Waals surface area contributed by atoms with Gasteiger partial charge in [0.25, 0.3) is 0 Å². The van der Waals surface area contributed by atoms with E-state index in [9.17, 15) is 4.79 Å². The van der Waals surface area contributed by atoms with Crippen LogP contribution in [0.25, 0.3) is 5.69 Å². The molecule has 174 valence electrons. The molecule has 0 bridgehead atoms. The number of carbonyl (C=O) groups excluding carboxylic acids is 1. The number of carbonyl (C=O) groups is 1. The molecule has 0 aliphatic carbocycles. The summed E-state index contributed by atoms with van der Waals surface area (Å²) in [6.07, 6.45) is 2.20. The number of rotatable bonds is 9. The maximum atomic E-state index is 12.2. The average Bonchev–Trinajstić information content (AvgIpc) is 3.33. The molecule has 4 rings (SSSR count). The number of aromatic nitrogens is 3. The van der Waals surface area contributed by atoms with Crippen LogP contribution in [0.2, 0.25) is 0 Å². The van der Waals surface area contributed by atoms with Gasteiger partial charge in [0.1, 0.15) is 12.3 Å². The van der Waals surface area contributed by atoms with E-state index in [1.54, 1.807) is 11.8 Å². The Balaban J connectivity index is 1.34. The number of aryl methyl sites for hydroxylation is 2. The van der Waals surface area contributed by atoms with Crippen molar-refractivity contribution in [1.29, 1.82) is 0 Å². The molecule has 0 saturated carbocycles. The zero-order valence-electron chi connectivity index (χ0n) is 19.6. The highest BCUT2D eigenvalue weighted by atomic mass is 16.5. The van der Waals surface area contributed by atoms with Crippen molar-refractivity contribution in [2.75, 3.05) is 7.11 Å². The molecule has 0 unspecified atom stereocenters. The van der Waals surface area contributed by atoms with Crippen molar-refractivity contribution in [2.45, 2.75) is 33.4 Å². The van der Waals surface area contributed by atoms with E-state index >= 15 is 0 Å². The third-order valence-corrected chi connectivity index (χ3v) is 5.60. The van der Waals surface area contributed by atoms with Crippen molar-refractivity contribution in [3.8, 4) is 17.2 Å². The van der Waals surface area contributed by atoms with Crippen LogP contribution in [-0.4, -0.2) is 28.0 Å². The zero-order chi connectivity index (χ0) is 23.9. The lowest BCUT2D eigenvalue weighted by Gasteiger charge is -2.12. The first-order valence-electron chi connectivity index (χ1n) is 11.1. The third kappa shape index (κ3) is 5.81. The fourth-order valence-corrected chi connectivity index (χ4v) is 3.50. The number of hydrogen-bond acceptors (Lipinski definition) is 5. The van der Waals surface area contributed by atoms with Crippen LogP contribution in [0.3, 0.4) is 0 Å². The molecule has 1 heterocycles. The Bertz CT molecular complexity index is 1270. The summed E-state index contributed by atoms with van der Waals surface area (Å²) < 4.78 is 13.2. The second-order valence-corrected chi connectivity index (χ2v) is 8.14. The molecule has 34 heavy (non-hydrogen) atoms. The van der Waals surface area contributed by atoms with E-state index in [-0.39, 0.29) is 12.5 Å². The lowest BCUT2D eigenvalue weighted by molar-refractivity contribution is -0.120. The smallest absolute Gasteiger partial charge is 0.224 e. The number of amides is 1. The highest BCUT2D eigenvalue weighted by Crippen LogP contribution is 2.28. The lowest BCUT2D eigenvalue weighted by atomic mass is 10.1. The molecule has 0 fully saturated rings. The molecule has 7 heteroatoms. The van der Waals surface area contributed by atoms with Crippen LogP contribution in [0.15, 0.2) is 72.9 Å². The second-order valence-electron chi connectivity index (χ2n) is 8.14. The van der Waals surface area contributed by atoms with Crippen molar-refractivity contribution in [3.63, 3.8) is 0 Å². The van der Waals surface area contributed by atoms with Gasteiger partial charge in [-0.25, -0.2) is 4.68 Å². The molecule has 0 spiro atoms. The number of benzene rings is 3. The molecule has 0 saturated heterocycles. The van der Waals surface area contributed by atoms with Crippen LogP contribution in [0.4, 0.5) is 0 Å². The van der Waals surface area contributed by atoms with E-state index < -0.39 is 0 Å². The molecule has 4 aromatic rings. The van der Waals surface area contributed by atoms with Crippen molar-refractivity contribution in [2.24, 2.45) is 0 Å². The first-order chi connectivity index (χ1) is 16.5. The molecule has 1 aromatic heterocycles. The number of hydrogen-bond donors (Lipinski definition) is 1. The predicted molar refractivity (Wildman–Crippen MR) is 130 cm³/mol. The van der Waals surface area contributed by atoms with Gasteiger partial charge in [-0.15, -0.1) is 5.10 Å². The molecule has 7 nitrogen and oxygen atoms in total. The Kier molecular flexibility index (Phi) is 7.22. The Hall–Kier alpha value is -4.13. The second kappa shape index (κ2) is 10.7. The van der Waals surface area contributed by atoms with Crippen molar-refractivity contribution in [3.05, 3.63) is 101 Å². The summed E-state index contributed by atoms with van der Waals surface area (Å²) in [7, 11) is 1.59. The fraction of sp³-hybridized carbons (Fsp3) is 0.222. The van der Waals surface area contributed by atoms with E-state index in [0.717, 1.165) is 16.8 Å². The molecular weight excluding hydrogens is 428 g/mol. The maximum absolute atomic E-state index is 12.2. The standard InChI is InChI=1S/C27H28N4O3/c1-19-9-11-24(13-20(19)2)31-17-23(29-30-31)18-34-25-12-10-22(14-26(25)33-3)16-28-27(32)15-21-7-5-4-6-8-21/h4-14,17H,15-16,18H2,1-3H3,(H,28,32). The van der Waals surface area contributed by atoms with Gasteiger partial charge < -0.3 is 14.8 Å². The molecule has 0 aliphatic heterocycles. The van der Waals surface area contributed by atoms with Crippen LogP contribution in [-0.2, 0) is 24.4 Å². The van der Waals surface area contributed by atoms with Crippen molar-refractivity contribution < 1.29 is 14.3 Å². The average molecular weight is 457 g/mol. The van der Waals surface area contributed by atoms with Gasteiger partial charge in [0.05, 0.1) is 25.4 Å². The van der Waals surface area contributed by atoms with Gasteiger partial charge in [-0.3, -0.25) is 4.79 Å². The summed E-state index contributed by atoms with van der Waals surface area (Å²) in [5, 5.41) is 11.4. The minimum absolute atomic E-state index is 0.0302. The molecule has 0 aliphatic rings. The molecular formula is C27H28N4O3. The summed E-state index contributed by atoms with van der Waals surface area (Å²) in [6, 6.07) is 21.4. The minimum Gasteiger partial charge on any atom is -0.493 e. The fourth-order valence-electron chi connectivity index (χ4n) is 3.50. The van der Waals surface area contributed by atoms with Gasteiger partial charge in [0.2, 0.25) is 5.91 Å². The van der Waals surface area contributed by atoms with Gasteiger partial charge in [-0.2, -0.15) is 0 Å². The first-order valence-corrected chi connectivity index (χ1v) is 11.1. The van der Waals surface area contributed by atoms with Gasteiger partial charge in [-0.1, -0.05) is 47.7 Å². The van der Waals surface area contributed by atoms with Crippen LogP contribution in [0.5, 0.6) is 11.5 Å². The SMILES string of the molecule is COc1cc(CNC(=O)Cc2ccccc2)ccc1OCc1cn(-c2ccc(C)c(C)c2)nn1. The largest absolute Gasteiger partial charge is 0.493 e. The van der Waals surface area contributed by atoms with Crippen molar-refractivity contribution >= 4 is 5.91 Å². The van der Waals surface area contributed by atoms with Crippen LogP contribution < -0.4 is 14.8 Å². The highest BCUT2D eigenvalue weighted by Gasteiger charge is 2.10. The van der Waals surface area contributed by atoms with Gasteiger partial charge in [0, 0.05) is 6.54 Å². The summed E-state index contributed by atoms with van der Waals surface area (Å²) in [4.78, 5) is 12.2. The molecule has 0 radical (unpaired) electrons. The van der Waals surface area contributed by atoms with E-state index in [1.165, 1.54) is 11.1 Å². The van der Waals surface area contributed by atoms with Gasteiger partial charge >= 0.3 is 0 Å². The third-order valence-electron chi connectivity index (χ3n) is 5.60. The minimum atomic E-state index is -0.0302. The summed E-state index contributed by atoms with van der Waals surface area (Å²) in [5.74, 6) is 1.16. The first kappa shape index (κ1) is 23.0. The lowest BCUT2D eigenvalue weighted by Crippen LogP contribution is -2.24. The summed E-state index contributed by atoms with van der Waals surface area (Å²) in [6.45, 7) is 4.82. The maximum Gasteiger partial charge on any atom is 0.224 e. The normalized spacial score (nSPS) is 10.7. The number of methoxy groups -OCH3 is 1. The number of ether oxygens (including phenoxy) is 2. The van der Waals surface area contributed by atoms with Crippen molar-refractivity contribution in [1.82, 2.24) is 20.3 Å². The Morgan fingerprint density at radius 3 is 2.53 bits per heavy atom. The topological polar surface area (TPSA) is 78.3 Å². The van der Waals surface area contributed by atoms with E-state index in [2.05, 4.69) is 41.6 Å². The van der Waals surface area contributed by atoms with Gasteiger partial charge in [0.15, 0.2) is 11.5 Å². The van der Waals surface area contributed by atoms with E-state index in [0.29, 0.717) is 30.2 Å². The van der Waals surface area contributed by atoms with E-state index in [1.807, 2.05) is 60.8 Å². The highest BCUT2D eigenvalue weighted by molar-refractivity contribution is 5.78. The van der Waals surface area contributed by atoms with E-state index in [4.69, 9.17) is 9.47 Å².